The first-order chi connectivity index (χ1) is 21.1. The molecule has 7 N–H and O–H groups in total. The number of phenols is 3. The van der Waals surface area contributed by atoms with Crippen molar-refractivity contribution in [3.8, 4) is 45.8 Å². The summed E-state index contributed by atoms with van der Waals surface area (Å²) in [6.07, 6.45) is -5.31. The van der Waals surface area contributed by atoms with Crippen molar-refractivity contribution in [2.24, 2.45) is 0 Å². The zero-order chi connectivity index (χ0) is 31.5. The van der Waals surface area contributed by atoms with Gasteiger partial charge in [-0.25, -0.2) is 9.21 Å². The molecule has 3 aromatic carbocycles. The zero-order valence-electron chi connectivity index (χ0n) is 23.1. The minimum absolute atomic E-state index is 0.0202. The fraction of sp³-hybridized carbons (Fsp3) is 0.226. The average Bonchev–Trinajstić information content (AvgIpc) is 3.01. The van der Waals surface area contributed by atoms with Crippen molar-refractivity contribution in [3.05, 3.63) is 72.3 Å². The molecule has 5 atom stereocenters. The molecule has 1 aliphatic heterocycles. The molecule has 0 aliphatic carbocycles. The molecule has 0 saturated carbocycles. The molecule has 0 bridgehead atoms. The van der Waals surface area contributed by atoms with Crippen LogP contribution in [0.3, 0.4) is 0 Å². The third-order valence-electron chi connectivity index (χ3n) is 6.85. The molecule has 0 amide bonds. The molecular weight excluding hydrogens is 580 g/mol. The number of aliphatic hydroxyl groups is 4. The fourth-order valence-electron chi connectivity index (χ4n) is 4.55. The molecule has 1 fully saturated rings. The predicted octanol–water partition coefficient (Wildman–Crippen LogP) is 2.30. The lowest BCUT2D eigenvalue weighted by Gasteiger charge is -2.39. The van der Waals surface area contributed by atoms with Crippen molar-refractivity contribution in [3.63, 3.8) is 0 Å². The van der Waals surface area contributed by atoms with Crippen LogP contribution in [0, 0.1) is 0 Å². The molecule has 13 nitrogen and oxygen atoms in total. The molecule has 44 heavy (non-hydrogen) atoms. The Morgan fingerprint density at radius 1 is 0.886 bits per heavy atom. The number of carbonyl (C=O) groups excluding carboxylic acids is 1. The minimum Gasteiger partial charge on any atom is -0.508 e. The molecule has 0 spiro atoms. The second-order valence-corrected chi connectivity index (χ2v) is 9.84. The van der Waals surface area contributed by atoms with Crippen LogP contribution in [0.2, 0.25) is 0 Å². The summed E-state index contributed by atoms with van der Waals surface area (Å²) in [7, 11) is 1.39. The van der Waals surface area contributed by atoms with Crippen LogP contribution in [-0.2, 0) is 9.53 Å². The molecule has 1 saturated heterocycles. The number of aromatic hydroxyl groups is 3. The summed E-state index contributed by atoms with van der Waals surface area (Å²) in [5, 5.41) is 70.4. The van der Waals surface area contributed by atoms with E-state index in [0.29, 0.717) is 11.1 Å². The van der Waals surface area contributed by atoms with Crippen molar-refractivity contribution in [1.29, 1.82) is 0 Å². The van der Waals surface area contributed by atoms with Gasteiger partial charge in [0.15, 0.2) is 11.5 Å². The lowest BCUT2D eigenvalue weighted by molar-refractivity contribution is -0.277. The number of carbonyl (C=O) groups is 1. The highest BCUT2D eigenvalue weighted by Crippen LogP contribution is 2.41. The zero-order valence-corrected chi connectivity index (χ0v) is 23.1. The van der Waals surface area contributed by atoms with Crippen LogP contribution in [0.4, 0.5) is 0 Å². The van der Waals surface area contributed by atoms with Crippen LogP contribution < -0.4 is 14.2 Å². The van der Waals surface area contributed by atoms with E-state index in [-0.39, 0.29) is 51.2 Å². The van der Waals surface area contributed by atoms with Crippen molar-refractivity contribution >= 4 is 23.0 Å². The van der Waals surface area contributed by atoms with Crippen molar-refractivity contribution < 1.29 is 63.9 Å². The van der Waals surface area contributed by atoms with Crippen LogP contribution in [0.25, 0.3) is 28.4 Å². The van der Waals surface area contributed by atoms with Gasteiger partial charge in [0, 0.05) is 18.2 Å². The molecule has 5 unspecified atom stereocenters. The average molecular weight is 610 g/mol. The summed E-state index contributed by atoms with van der Waals surface area (Å²) < 4.78 is 28.0. The van der Waals surface area contributed by atoms with Crippen molar-refractivity contribution in [2.45, 2.75) is 30.7 Å². The van der Waals surface area contributed by atoms with E-state index in [9.17, 15) is 40.5 Å². The quantitative estimate of drug-likeness (QED) is 0.0871. The normalized spacial score (nSPS) is 21.8. The van der Waals surface area contributed by atoms with Gasteiger partial charge in [-0.15, -0.1) is 0 Å². The molecular formula is C31H29O13+. The third kappa shape index (κ3) is 6.37. The van der Waals surface area contributed by atoms with Crippen LogP contribution in [0.5, 0.6) is 34.5 Å². The van der Waals surface area contributed by atoms with E-state index in [1.54, 1.807) is 6.07 Å². The number of benzene rings is 3. The van der Waals surface area contributed by atoms with Gasteiger partial charge in [-0.2, -0.15) is 0 Å². The van der Waals surface area contributed by atoms with Gasteiger partial charge in [-0.1, -0.05) is 6.07 Å². The molecule has 13 heteroatoms. The predicted molar refractivity (Wildman–Crippen MR) is 153 cm³/mol. The second kappa shape index (κ2) is 12.8. The number of esters is 1. The number of fused-ring (bicyclic) bond motifs is 1. The molecule has 1 aliphatic rings. The highest BCUT2D eigenvalue weighted by atomic mass is 16.7. The Bertz CT molecular complexity index is 1680. The van der Waals surface area contributed by atoms with E-state index < -0.39 is 43.3 Å². The van der Waals surface area contributed by atoms with E-state index in [2.05, 4.69) is 0 Å². The van der Waals surface area contributed by atoms with Crippen LogP contribution in [0.15, 0.2) is 71.2 Å². The molecule has 0 radical (unpaired) electrons. The maximum atomic E-state index is 12.9. The number of hydrogen-bond donors (Lipinski definition) is 7. The molecule has 230 valence electrons. The Morgan fingerprint density at radius 2 is 1.64 bits per heavy atom. The van der Waals surface area contributed by atoms with Gasteiger partial charge in [0.25, 0.3) is 0 Å². The Labute approximate surface area is 249 Å². The first-order valence-corrected chi connectivity index (χ1v) is 13.2. The fourth-order valence-corrected chi connectivity index (χ4v) is 4.55. The summed E-state index contributed by atoms with van der Waals surface area (Å²) in [5.41, 5.74) is 0.989. The number of phenolic OH excluding ortho intramolecular Hbond substituents is 3. The number of rotatable bonds is 8. The number of ether oxygens (including phenoxy) is 4. The van der Waals surface area contributed by atoms with E-state index in [1.807, 2.05) is 0 Å². The summed E-state index contributed by atoms with van der Waals surface area (Å²) in [6.45, 7) is -0.679. The van der Waals surface area contributed by atoms with E-state index in [0.717, 1.165) is 6.08 Å². The molecule has 2 heterocycles. The Balaban J connectivity index is 1.53. The Hall–Kier alpha value is -4.92. The lowest BCUT2D eigenvalue weighted by Crippen LogP contribution is -2.60. The topological polar surface area (TPSA) is 207 Å². The van der Waals surface area contributed by atoms with Gasteiger partial charge in [0.05, 0.1) is 25.3 Å². The maximum Gasteiger partial charge on any atom is 0.402 e. The summed E-state index contributed by atoms with van der Waals surface area (Å²) in [4.78, 5) is 12.9. The van der Waals surface area contributed by atoms with Crippen LogP contribution in [0.1, 0.15) is 5.56 Å². The molecule has 1 aromatic heterocycles. The third-order valence-corrected chi connectivity index (χ3v) is 6.85. The first-order valence-electron chi connectivity index (χ1n) is 13.2. The van der Waals surface area contributed by atoms with Gasteiger partial charge in [-0.3, -0.25) is 0 Å². The van der Waals surface area contributed by atoms with E-state index in [1.165, 1.54) is 67.8 Å². The highest BCUT2D eigenvalue weighted by molar-refractivity contribution is 5.93. The smallest absolute Gasteiger partial charge is 0.402 e. The van der Waals surface area contributed by atoms with Gasteiger partial charge >= 0.3 is 17.3 Å². The second-order valence-electron chi connectivity index (χ2n) is 9.84. The summed E-state index contributed by atoms with van der Waals surface area (Å²) in [6, 6.07) is 14.1. The van der Waals surface area contributed by atoms with Crippen molar-refractivity contribution in [2.75, 3.05) is 13.7 Å². The number of aliphatic hydroxyl groups excluding tert-OH is 4. The minimum atomic E-state index is -1.74. The Morgan fingerprint density at radius 3 is 2.34 bits per heavy atom. The first kappa shape index (κ1) is 30.5. The van der Waals surface area contributed by atoms with Gasteiger partial charge in [0.2, 0.25) is 12.0 Å². The highest BCUT2D eigenvalue weighted by Gasteiger charge is 2.45. The number of methoxy groups -OCH3 is 1. The lowest BCUT2D eigenvalue weighted by atomic mass is 9.99. The van der Waals surface area contributed by atoms with E-state index >= 15 is 0 Å². The van der Waals surface area contributed by atoms with Crippen LogP contribution >= 0.6 is 0 Å². The molecule has 4 aromatic rings. The standard InChI is InChI=1S/C31H28O13/c1-40-23-10-15(2-8-20(23)35)3-9-26(36)41-24-13-19-21(42-30(24)16-4-6-17(33)7-5-16)11-18(34)12-22(19)43-31-29(39)28(38)27(37)25(14-32)44-31/h2-13,25,27-29,31-32,37-39H,14H2,1H3,(H2-,33,34,35,36)/p+1. The SMILES string of the molecule is COc1cc(/C=C/C(=O)Oc2cc3c(OC4OC(CO)C(O)C(O)C4O)cc(O)cc3[o+]c2-c2ccc(O)cc2)ccc1O. The number of hydrogen-bond acceptors (Lipinski definition) is 12. The molecule has 5 rings (SSSR count). The van der Waals surface area contributed by atoms with Crippen LogP contribution in [-0.4, -0.2) is 86.1 Å². The Kier molecular flexibility index (Phi) is 8.85. The van der Waals surface area contributed by atoms with Gasteiger partial charge in [0.1, 0.15) is 47.1 Å². The summed E-state index contributed by atoms with van der Waals surface area (Å²) >= 11 is 0. The van der Waals surface area contributed by atoms with E-state index in [4.69, 9.17) is 23.4 Å². The summed E-state index contributed by atoms with van der Waals surface area (Å²) in [5.74, 6) is -1.17. The maximum absolute atomic E-state index is 12.9. The van der Waals surface area contributed by atoms with Crippen molar-refractivity contribution in [1.82, 2.24) is 0 Å². The monoisotopic (exact) mass is 609 g/mol. The van der Waals surface area contributed by atoms with Gasteiger partial charge < -0.3 is 54.7 Å². The largest absolute Gasteiger partial charge is 0.508 e. The van der Waals surface area contributed by atoms with Gasteiger partial charge in [-0.05, 0) is 48.0 Å².